The van der Waals surface area contributed by atoms with E-state index in [-0.39, 0.29) is 22.4 Å². The van der Waals surface area contributed by atoms with Gasteiger partial charge in [0.25, 0.3) is 5.91 Å². The van der Waals surface area contributed by atoms with E-state index in [2.05, 4.69) is 0 Å². The largest absolute Gasteiger partial charge is 0.379 e. The average Bonchev–Trinajstić information content (AvgIpc) is 3.28. The van der Waals surface area contributed by atoms with Crippen LogP contribution in [0.2, 0.25) is 0 Å². The van der Waals surface area contributed by atoms with Crippen molar-refractivity contribution in [2.75, 3.05) is 39.4 Å². The molecule has 0 N–H and O–H groups in total. The third-order valence-electron chi connectivity index (χ3n) is 7.30. The molecule has 1 amide bonds. The average molecular weight is 540 g/mol. The predicted octanol–water partition coefficient (Wildman–Crippen LogP) is 2.15. The van der Waals surface area contributed by atoms with Crippen LogP contribution in [-0.2, 0) is 27.8 Å². The fraction of sp³-hybridized carbons (Fsp3) is 0.444. The molecule has 0 atom stereocenters. The lowest BCUT2D eigenvalue weighted by Gasteiger charge is -2.31. The molecule has 5 rings (SSSR count). The first-order valence-corrected chi connectivity index (χ1v) is 14.5. The van der Waals surface area contributed by atoms with Gasteiger partial charge in [0.05, 0.1) is 24.7 Å². The highest BCUT2D eigenvalue weighted by molar-refractivity contribution is 7.89. The zero-order valence-corrected chi connectivity index (χ0v) is 22.3. The van der Waals surface area contributed by atoms with Crippen molar-refractivity contribution in [2.24, 2.45) is 0 Å². The van der Waals surface area contributed by atoms with Crippen LogP contribution < -0.4 is 5.69 Å². The van der Waals surface area contributed by atoms with Crippen LogP contribution in [0, 0.1) is 0 Å². The zero-order valence-electron chi connectivity index (χ0n) is 21.5. The number of ether oxygens (including phenoxy) is 1. The van der Waals surface area contributed by atoms with Crippen LogP contribution in [0.3, 0.4) is 0 Å². The Labute approximate surface area is 222 Å². The normalized spacial score (nSPS) is 17.6. The summed E-state index contributed by atoms with van der Waals surface area (Å²) in [7, 11) is -3.60. The molecule has 10 nitrogen and oxygen atoms in total. The lowest BCUT2D eigenvalue weighted by Crippen LogP contribution is -2.40. The number of benzene rings is 2. The highest BCUT2D eigenvalue weighted by Gasteiger charge is 2.30. The molecule has 38 heavy (non-hydrogen) atoms. The fourth-order valence-corrected chi connectivity index (χ4v) is 6.55. The van der Waals surface area contributed by atoms with Gasteiger partial charge in [-0.15, -0.1) is 0 Å². The molecule has 2 fully saturated rings. The molecular weight excluding hydrogens is 506 g/mol. The van der Waals surface area contributed by atoms with Gasteiger partial charge >= 0.3 is 5.69 Å². The molecule has 2 aliphatic rings. The lowest BCUT2D eigenvalue weighted by molar-refractivity contribution is 0.0710. The van der Waals surface area contributed by atoms with Crippen LogP contribution in [0.15, 0.2) is 64.3 Å². The summed E-state index contributed by atoms with van der Waals surface area (Å²) in [6, 6.07) is 16.0. The second-order valence-electron chi connectivity index (χ2n) is 9.64. The summed E-state index contributed by atoms with van der Waals surface area (Å²) in [5, 5.41) is 4.69. The zero-order chi connectivity index (χ0) is 26.7. The van der Waals surface area contributed by atoms with Crippen molar-refractivity contribution in [2.45, 2.75) is 43.7 Å². The van der Waals surface area contributed by atoms with E-state index in [1.807, 2.05) is 37.3 Å². The van der Waals surface area contributed by atoms with Crippen molar-refractivity contribution in [1.82, 2.24) is 23.6 Å². The SMILES string of the molecule is CCn1c(C2CCN(C(=O)c3ccc(S(=O)(=O)N4CCOCC4)cc3)CC2)nn(Cc2ccccc2)c1=O. The molecule has 0 radical (unpaired) electrons. The Balaban J connectivity index is 1.24. The van der Waals surface area contributed by atoms with E-state index in [4.69, 9.17) is 9.84 Å². The van der Waals surface area contributed by atoms with Gasteiger partial charge in [0.2, 0.25) is 10.0 Å². The van der Waals surface area contributed by atoms with Crippen molar-refractivity contribution in [3.63, 3.8) is 0 Å². The summed E-state index contributed by atoms with van der Waals surface area (Å²) in [5.41, 5.74) is 1.37. The quantitative estimate of drug-likeness (QED) is 0.456. The molecule has 0 saturated carbocycles. The van der Waals surface area contributed by atoms with Gasteiger partial charge in [-0.25, -0.2) is 17.9 Å². The maximum atomic E-state index is 13.2. The number of carbonyl (C=O) groups excluding carboxylic acids is 1. The first-order chi connectivity index (χ1) is 18.4. The van der Waals surface area contributed by atoms with Crippen molar-refractivity contribution >= 4 is 15.9 Å². The fourth-order valence-electron chi connectivity index (χ4n) is 5.15. The number of sulfonamides is 1. The van der Waals surface area contributed by atoms with Crippen LogP contribution in [0.1, 0.15) is 47.4 Å². The number of rotatable bonds is 7. The number of hydrogen-bond acceptors (Lipinski definition) is 6. The number of nitrogens with zero attached hydrogens (tertiary/aromatic N) is 5. The third-order valence-corrected chi connectivity index (χ3v) is 9.21. The number of piperidine rings is 1. The van der Waals surface area contributed by atoms with Crippen LogP contribution in [0.25, 0.3) is 0 Å². The first kappa shape index (κ1) is 26.3. The maximum Gasteiger partial charge on any atom is 0.346 e. The standard InChI is InChI=1S/C27H33N5O5S/c1-2-31-25(28-32(27(31)34)20-21-6-4-3-5-7-21)22-12-14-29(15-13-22)26(33)23-8-10-24(11-9-23)38(35,36)30-16-18-37-19-17-30/h3-11,22H,2,12-20H2,1H3. The number of hydrogen-bond donors (Lipinski definition) is 0. The minimum atomic E-state index is -3.60. The summed E-state index contributed by atoms with van der Waals surface area (Å²) < 4.78 is 35.7. The number of amides is 1. The summed E-state index contributed by atoms with van der Waals surface area (Å²) >= 11 is 0. The minimum Gasteiger partial charge on any atom is -0.379 e. The molecule has 3 aromatic rings. The van der Waals surface area contributed by atoms with Crippen LogP contribution in [0.5, 0.6) is 0 Å². The molecule has 11 heteroatoms. The molecule has 0 unspecified atom stereocenters. The number of likely N-dealkylation sites (tertiary alicyclic amines) is 1. The third kappa shape index (κ3) is 5.31. The van der Waals surface area contributed by atoms with E-state index in [1.54, 1.807) is 21.6 Å². The van der Waals surface area contributed by atoms with Crippen molar-refractivity contribution in [3.05, 3.63) is 82.0 Å². The lowest BCUT2D eigenvalue weighted by atomic mass is 9.95. The Hall–Kier alpha value is -3.28. The molecule has 202 valence electrons. The van der Waals surface area contributed by atoms with Gasteiger partial charge < -0.3 is 9.64 Å². The number of morpholine rings is 1. The second-order valence-corrected chi connectivity index (χ2v) is 11.6. The molecule has 0 aliphatic carbocycles. The first-order valence-electron chi connectivity index (χ1n) is 13.1. The van der Waals surface area contributed by atoms with E-state index in [1.165, 1.54) is 21.1 Å². The monoisotopic (exact) mass is 539 g/mol. The van der Waals surface area contributed by atoms with Crippen molar-refractivity contribution in [3.8, 4) is 0 Å². The van der Waals surface area contributed by atoms with Gasteiger partial charge in [0, 0.05) is 44.2 Å². The van der Waals surface area contributed by atoms with Gasteiger partial charge in [-0.1, -0.05) is 30.3 Å². The Kier molecular flexibility index (Phi) is 7.78. The molecular formula is C27H33N5O5S. The van der Waals surface area contributed by atoms with Gasteiger partial charge in [0.15, 0.2) is 0 Å². The Morgan fingerprint density at radius 3 is 2.26 bits per heavy atom. The summed E-state index contributed by atoms with van der Waals surface area (Å²) in [5.74, 6) is 0.740. The molecule has 0 spiro atoms. The summed E-state index contributed by atoms with van der Waals surface area (Å²) in [6.45, 7) is 5.42. The summed E-state index contributed by atoms with van der Waals surface area (Å²) in [6.07, 6.45) is 1.41. The smallest absolute Gasteiger partial charge is 0.346 e. The molecule has 1 aromatic heterocycles. The number of carbonyl (C=O) groups is 1. The van der Waals surface area contributed by atoms with Gasteiger partial charge in [-0.3, -0.25) is 9.36 Å². The minimum absolute atomic E-state index is 0.0877. The molecule has 0 bridgehead atoms. The van der Waals surface area contributed by atoms with E-state index < -0.39 is 10.0 Å². The molecule has 3 heterocycles. The highest BCUT2D eigenvalue weighted by atomic mass is 32.2. The van der Waals surface area contributed by atoms with Crippen molar-refractivity contribution in [1.29, 1.82) is 0 Å². The van der Waals surface area contributed by atoms with E-state index in [0.29, 0.717) is 70.9 Å². The van der Waals surface area contributed by atoms with Crippen LogP contribution in [0.4, 0.5) is 0 Å². The Morgan fingerprint density at radius 1 is 0.974 bits per heavy atom. The van der Waals surface area contributed by atoms with Gasteiger partial charge in [0.1, 0.15) is 5.82 Å². The molecule has 2 aromatic carbocycles. The van der Waals surface area contributed by atoms with E-state index in [0.717, 1.165) is 11.4 Å². The molecule has 2 aliphatic heterocycles. The molecule has 2 saturated heterocycles. The summed E-state index contributed by atoms with van der Waals surface area (Å²) in [4.78, 5) is 28.1. The second kappa shape index (κ2) is 11.2. The van der Waals surface area contributed by atoms with Crippen LogP contribution in [-0.4, -0.2) is 77.3 Å². The highest BCUT2D eigenvalue weighted by Crippen LogP contribution is 2.27. The topological polar surface area (TPSA) is 107 Å². The van der Waals surface area contributed by atoms with Crippen LogP contribution >= 0.6 is 0 Å². The number of aromatic nitrogens is 3. The Bertz CT molecular complexity index is 1420. The van der Waals surface area contributed by atoms with E-state index in [9.17, 15) is 18.0 Å². The maximum absolute atomic E-state index is 13.2. The van der Waals surface area contributed by atoms with Gasteiger partial charge in [-0.2, -0.15) is 9.40 Å². The van der Waals surface area contributed by atoms with Gasteiger partial charge in [-0.05, 0) is 49.6 Å². The van der Waals surface area contributed by atoms with Crippen molar-refractivity contribution < 1.29 is 17.9 Å². The predicted molar refractivity (Wildman–Crippen MR) is 142 cm³/mol. The van der Waals surface area contributed by atoms with E-state index >= 15 is 0 Å². The Morgan fingerprint density at radius 2 is 1.63 bits per heavy atom.